The zero-order chi connectivity index (χ0) is 33.3. The third-order valence-corrected chi connectivity index (χ3v) is 16.9. The first-order valence-electron chi connectivity index (χ1n) is 12.0. The number of sulfone groups is 2. The Morgan fingerprint density at radius 3 is 1.55 bits per heavy atom. The van der Waals surface area contributed by atoms with Gasteiger partial charge in [-0.25, -0.2) is 43.9 Å². The van der Waals surface area contributed by atoms with Crippen LogP contribution < -0.4 is 20.9 Å². The summed E-state index contributed by atoms with van der Waals surface area (Å²) < 4.78 is 94.3. The summed E-state index contributed by atoms with van der Waals surface area (Å²) in [7, 11) is -14.9. The Hall–Kier alpha value is 1.32. The first-order valence-corrected chi connectivity index (χ1v) is 33.4. The second-order valence-electron chi connectivity index (χ2n) is 9.44. The molecule has 2 aliphatic heterocycles. The van der Waals surface area contributed by atoms with E-state index in [4.69, 9.17) is 10.3 Å². The molecule has 0 saturated heterocycles. The Morgan fingerprint density at radius 2 is 1.23 bits per heavy atom. The number of sulfonamides is 2. The summed E-state index contributed by atoms with van der Waals surface area (Å²) in [5.41, 5.74) is 0.821. The third-order valence-electron chi connectivity index (χ3n) is 6.26. The maximum absolute atomic E-state index is 12.2. The maximum atomic E-state index is 12.2. The van der Waals surface area contributed by atoms with Crippen molar-refractivity contribution in [3.05, 3.63) is 23.3 Å². The topological polar surface area (TPSA) is 230 Å². The molecule has 44 heavy (non-hydrogen) atoms. The van der Waals surface area contributed by atoms with Gasteiger partial charge in [0.25, 0.3) is 0 Å². The molecule has 4 heterocycles. The van der Waals surface area contributed by atoms with Crippen LogP contribution in [0.2, 0.25) is 0 Å². The molecule has 254 valence electrons. The number of fused-ring (bicyclic) bond motifs is 2. The molecule has 13 nitrogen and oxygen atoms in total. The summed E-state index contributed by atoms with van der Waals surface area (Å²) in [6.07, 6.45) is 0.639. The molecule has 2 aliphatic rings. The summed E-state index contributed by atoms with van der Waals surface area (Å²) in [5.74, 6) is -0.309. The van der Waals surface area contributed by atoms with Crippen LogP contribution in [0.15, 0.2) is 29.0 Å². The van der Waals surface area contributed by atoms with Crippen molar-refractivity contribution in [3.8, 4) is 0 Å². The number of halogens is 3. The molecule has 2 aromatic rings. The molecule has 4 unspecified atom stereocenters. The minimum atomic E-state index is -3.98. The number of carbonyl (C=O) groups is 1. The SMILES string of the molecule is C.CC(=O)NC1CC(C)S(=O)(=O)c2sc(S(N)(=O)=O)cc21.CCNC1CC(C)S(=O)(=O)c2sc(S(N)(=O)=O)cc21.[I][V]([I])[I]. The molecule has 2 aromatic heterocycles. The van der Waals surface area contributed by atoms with E-state index in [2.05, 4.69) is 70.6 Å². The van der Waals surface area contributed by atoms with E-state index < -0.39 is 56.3 Å². The molecule has 0 aromatic carbocycles. The van der Waals surface area contributed by atoms with E-state index in [-0.39, 0.29) is 47.6 Å². The molecule has 0 spiro atoms. The molecular formula is C21H34I3N4O9S6V. The van der Waals surface area contributed by atoms with Crippen LogP contribution in [-0.4, -0.2) is 56.6 Å². The molecule has 23 heteroatoms. The van der Waals surface area contributed by atoms with Crippen LogP contribution in [-0.2, 0) is 49.4 Å². The second-order valence-corrected chi connectivity index (χ2v) is 55.6. The number of amides is 1. The molecule has 0 fully saturated rings. The number of hydrogen-bond donors (Lipinski definition) is 4. The van der Waals surface area contributed by atoms with Crippen molar-refractivity contribution in [2.45, 2.75) is 87.4 Å². The summed E-state index contributed by atoms with van der Waals surface area (Å²) in [6, 6.07) is 1.95. The van der Waals surface area contributed by atoms with Gasteiger partial charge >= 0.3 is 64.9 Å². The van der Waals surface area contributed by atoms with Crippen LogP contribution in [0.25, 0.3) is 0 Å². The van der Waals surface area contributed by atoms with Gasteiger partial charge in [-0.2, -0.15) is 0 Å². The van der Waals surface area contributed by atoms with Gasteiger partial charge in [0, 0.05) is 24.1 Å². The van der Waals surface area contributed by atoms with Crippen molar-refractivity contribution in [3.63, 3.8) is 0 Å². The van der Waals surface area contributed by atoms with Crippen molar-refractivity contribution in [1.29, 1.82) is 0 Å². The van der Waals surface area contributed by atoms with Crippen LogP contribution >= 0.6 is 82.6 Å². The fourth-order valence-corrected chi connectivity index (χ4v) is 13.1. The minimum absolute atomic E-state index is 0. The van der Waals surface area contributed by atoms with Crippen molar-refractivity contribution in [1.82, 2.24) is 10.6 Å². The van der Waals surface area contributed by atoms with Gasteiger partial charge in [0.2, 0.25) is 26.0 Å². The van der Waals surface area contributed by atoms with E-state index in [0.29, 0.717) is 35.4 Å². The Morgan fingerprint density at radius 1 is 0.886 bits per heavy atom. The van der Waals surface area contributed by atoms with Gasteiger partial charge in [-0.1, -0.05) is 14.4 Å². The molecule has 4 atom stereocenters. The summed E-state index contributed by atoms with van der Waals surface area (Å²) in [5, 5.41) is 14.7. The van der Waals surface area contributed by atoms with Gasteiger partial charge in [0.1, 0.15) is 16.8 Å². The molecule has 0 saturated carbocycles. The number of nitrogens with one attached hydrogen (secondary N) is 2. The molecule has 0 bridgehead atoms. The summed E-state index contributed by atoms with van der Waals surface area (Å²) in [6.45, 7) is 7.08. The number of hydrogen-bond acceptors (Lipinski definition) is 12. The van der Waals surface area contributed by atoms with Crippen molar-refractivity contribution in [2.75, 3.05) is 6.54 Å². The second kappa shape index (κ2) is 16.8. The van der Waals surface area contributed by atoms with E-state index in [0.717, 1.165) is 11.3 Å². The number of primary sulfonamides is 2. The molecule has 0 aliphatic carbocycles. The van der Waals surface area contributed by atoms with Crippen molar-refractivity contribution in [2.24, 2.45) is 10.3 Å². The first-order chi connectivity index (χ1) is 19.4. The predicted molar refractivity (Wildman–Crippen MR) is 196 cm³/mol. The van der Waals surface area contributed by atoms with Crippen LogP contribution in [0.5, 0.6) is 0 Å². The zero-order valence-corrected chi connectivity index (χ0v) is 35.7. The van der Waals surface area contributed by atoms with E-state index in [1.165, 1.54) is 26.0 Å². The average molecular weight is 1110 g/mol. The fourth-order valence-electron chi connectivity index (χ4n) is 4.30. The molecular weight excluding hydrogens is 1080 g/mol. The number of nitrogens with two attached hydrogens (primary N) is 2. The van der Waals surface area contributed by atoms with E-state index in [1.54, 1.807) is 6.92 Å². The van der Waals surface area contributed by atoms with Crippen LogP contribution in [0.1, 0.15) is 71.2 Å². The summed E-state index contributed by atoms with van der Waals surface area (Å²) in [4.78, 5) is 10.9. The van der Waals surface area contributed by atoms with Gasteiger partial charge < -0.3 is 10.6 Å². The number of thiophene rings is 2. The van der Waals surface area contributed by atoms with Crippen molar-refractivity contribution < 1.29 is 43.4 Å². The van der Waals surface area contributed by atoms with Crippen molar-refractivity contribution >= 4 is 128 Å². The van der Waals surface area contributed by atoms with Gasteiger partial charge in [-0.15, -0.1) is 22.7 Å². The first kappa shape index (κ1) is 43.3. The van der Waals surface area contributed by atoms with E-state index >= 15 is 0 Å². The Kier molecular flexibility index (Phi) is 16.6. The van der Waals surface area contributed by atoms with Gasteiger partial charge in [0.05, 0.1) is 16.5 Å². The average Bonchev–Trinajstić information content (AvgIpc) is 3.48. The Balaban J connectivity index is 0.000000385. The Bertz CT molecular complexity index is 1780. The van der Waals surface area contributed by atoms with Crippen LogP contribution in [0, 0.1) is 0 Å². The normalized spacial score (nSPS) is 23.4. The molecule has 1 amide bonds. The van der Waals surface area contributed by atoms with E-state index in [9.17, 15) is 38.5 Å². The summed E-state index contributed by atoms with van der Waals surface area (Å²) >= 11 is 8.76. The Labute approximate surface area is 305 Å². The van der Waals surface area contributed by atoms with Gasteiger partial charge in [-0.3, -0.25) is 4.79 Å². The fraction of sp³-hybridized carbons (Fsp3) is 0.571. The third kappa shape index (κ3) is 10.9. The van der Waals surface area contributed by atoms with Gasteiger partial charge in [0.15, 0.2) is 19.7 Å². The molecule has 0 radical (unpaired) electrons. The van der Waals surface area contributed by atoms with Gasteiger partial charge in [-0.05, 0) is 45.4 Å². The molecule has 6 N–H and O–H groups in total. The monoisotopic (exact) mass is 1110 g/mol. The van der Waals surface area contributed by atoms with Crippen LogP contribution in [0.4, 0.5) is 0 Å². The zero-order valence-electron chi connectivity index (χ0n) is 22.9. The molecule has 4 rings (SSSR count). The predicted octanol–water partition coefficient (Wildman–Crippen LogP) is 4.04. The van der Waals surface area contributed by atoms with Crippen LogP contribution in [0.3, 0.4) is 0 Å². The number of rotatable bonds is 5. The standard InChI is InChI=1S/C10H14N2O5S3.C10H16N2O4S3.CH4.3HI.V/c1-5-3-8(12-6(2)13)7-4-9(20(11,16)17)18-10(7)19(5,14)15;1-3-12-8-4-6(2)18(13,14)10-7(8)5-9(17-10)19(11,15)16;;;;;/h4-5,8H,3H2,1-2H3,(H,12,13)(H2,11,16,17);5-6,8,12H,3-4H2,1-2H3,(H2,11,15,16);1H4;3*1H;/q;;;;;;+3/p-3. The van der Waals surface area contributed by atoms with E-state index in [1.807, 2.05) is 6.92 Å². The quantitative estimate of drug-likeness (QED) is 0.314. The number of carbonyl (C=O) groups excluding carboxylic acids is 1.